The van der Waals surface area contributed by atoms with Crippen molar-refractivity contribution in [3.63, 3.8) is 0 Å². The molecule has 1 aromatic heterocycles. The summed E-state index contributed by atoms with van der Waals surface area (Å²) in [6.07, 6.45) is 5.33. The Morgan fingerprint density at radius 3 is 2.92 bits per heavy atom. The van der Waals surface area contributed by atoms with Crippen molar-refractivity contribution in [3.05, 3.63) is 29.1 Å². The third kappa shape index (κ3) is 1.74. The summed E-state index contributed by atoms with van der Waals surface area (Å²) in [6.45, 7) is 0. The van der Waals surface area contributed by atoms with Crippen LogP contribution in [0.4, 0.5) is 0 Å². The van der Waals surface area contributed by atoms with E-state index < -0.39 is 0 Å². The van der Waals surface area contributed by atoms with Crippen LogP contribution in [0.3, 0.4) is 0 Å². The maximum atomic E-state index is 9.21. The molecule has 12 heavy (non-hydrogen) atoms. The molecule has 0 unspecified atom stereocenters. The Morgan fingerprint density at radius 2 is 2.33 bits per heavy atom. The fourth-order valence-corrected chi connectivity index (χ4v) is 0.936. The molecule has 3 nitrogen and oxygen atoms in total. The normalized spacial score (nSPS) is 10.0. The van der Waals surface area contributed by atoms with Crippen molar-refractivity contribution in [3.8, 4) is 11.8 Å². The molecule has 0 radical (unpaired) electrons. The first-order valence-electron chi connectivity index (χ1n) is 3.14. The summed E-state index contributed by atoms with van der Waals surface area (Å²) < 4.78 is 0. The second-order valence-corrected chi connectivity index (χ2v) is 2.42. The summed E-state index contributed by atoms with van der Waals surface area (Å²) in [6, 6.07) is 1.80. The van der Waals surface area contributed by atoms with Crippen LogP contribution in [0.2, 0.25) is 5.02 Å². The number of nitriles is 1. The van der Waals surface area contributed by atoms with Crippen LogP contribution < -0.4 is 0 Å². The van der Waals surface area contributed by atoms with Gasteiger partial charge < -0.3 is 5.11 Å². The van der Waals surface area contributed by atoms with Gasteiger partial charge >= 0.3 is 0 Å². The van der Waals surface area contributed by atoms with Crippen LogP contribution in [-0.2, 0) is 0 Å². The summed E-state index contributed by atoms with van der Waals surface area (Å²) in [5.41, 5.74) is 0.410. The molecule has 0 aliphatic heterocycles. The standard InChI is InChI=1S/C8H5ClN2O/c9-7-4-11-5-8(12)6(7)2-1-3-10/h1-2,4-5,12H. The molecule has 1 aromatic rings. The van der Waals surface area contributed by atoms with E-state index in [0.29, 0.717) is 10.6 Å². The Labute approximate surface area is 74.5 Å². The highest BCUT2D eigenvalue weighted by Crippen LogP contribution is 2.24. The van der Waals surface area contributed by atoms with E-state index in [1.165, 1.54) is 24.5 Å². The van der Waals surface area contributed by atoms with Crippen molar-refractivity contribution < 1.29 is 5.11 Å². The first-order chi connectivity index (χ1) is 5.75. The molecular weight excluding hydrogens is 176 g/mol. The minimum atomic E-state index is -0.0333. The van der Waals surface area contributed by atoms with Gasteiger partial charge in [-0.25, -0.2) is 0 Å². The van der Waals surface area contributed by atoms with Crippen LogP contribution in [0, 0.1) is 11.3 Å². The van der Waals surface area contributed by atoms with E-state index in [1.807, 2.05) is 0 Å². The van der Waals surface area contributed by atoms with E-state index in [-0.39, 0.29) is 5.75 Å². The molecule has 0 fully saturated rings. The fourth-order valence-electron chi connectivity index (χ4n) is 0.720. The predicted octanol–water partition coefficient (Wildman–Crippen LogP) is 1.98. The van der Waals surface area contributed by atoms with E-state index in [0.717, 1.165) is 0 Å². The van der Waals surface area contributed by atoms with Crippen molar-refractivity contribution in [2.75, 3.05) is 0 Å². The molecule has 0 spiro atoms. The molecule has 1 rings (SSSR count). The lowest BCUT2D eigenvalue weighted by molar-refractivity contribution is 0.471. The number of hydrogen-bond acceptors (Lipinski definition) is 3. The van der Waals surface area contributed by atoms with Gasteiger partial charge in [0.05, 0.1) is 17.3 Å². The Hall–Kier alpha value is -1.53. The van der Waals surface area contributed by atoms with Crippen LogP contribution in [0.25, 0.3) is 6.08 Å². The largest absolute Gasteiger partial charge is 0.506 e. The van der Waals surface area contributed by atoms with Gasteiger partial charge in [-0.3, -0.25) is 4.98 Å². The minimum Gasteiger partial charge on any atom is -0.506 e. The van der Waals surface area contributed by atoms with Gasteiger partial charge in [-0.05, 0) is 6.08 Å². The van der Waals surface area contributed by atoms with E-state index in [1.54, 1.807) is 6.07 Å². The molecule has 0 bridgehead atoms. The van der Waals surface area contributed by atoms with Crippen LogP contribution in [0.15, 0.2) is 18.5 Å². The lowest BCUT2D eigenvalue weighted by atomic mass is 10.2. The second-order valence-electron chi connectivity index (χ2n) is 2.02. The van der Waals surface area contributed by atoms with E-state index in [2.05, 4.69) is 4.98 Å². The Balaban J connectivity index is 3.15. The number of halogens is 1. The smallest absolute Gasteiger partial charge is 0.142 e. The first kappa shape index (κ1) is 8.57. The molecule has 60 valence electrons. The van der Waals surface area contributed by atoms with E-state index >= 15 is 0 Å². The third-order valence-corrected chi connectivity index (χ3v) is 1.54. The number of rotatable bonds is 1. The molecule has 0 amide bonds. The van der Waals surface area contributed by atoms with Gasteiger partial charge in [-0.1, -0.05) is 11.6 Å². The zero-order chi connectivity index (χ0) is 8.97. The second kappa shape index (κ2) is 3.74. The first-order valence-corrected chi connectivity index (χ1v) is 3.52. The lowest BCUT2D eigenvalue weighted by Gasteiger charge is -1.98. The molecule has 0 aliphatic carbocycles. The van der Waals surface area contributed by atoms with Crippen molar-refractivity contribution in [2.45, 2.75) is 0 Å². The average Bonchev–Trinajstić information content (AvgIpc) is 2.04. The molecule has 0 aliphatic rings. The zero-order valence-electron chi connectivity index (χ0n) is 6.03. The van der Waals surface area contributed by atoms with E-state index in [9.17, 15) is 5.11 Å². The van der Waals surface area contributed by atoms with E-state index in [4.69, 9.17) is 16.9 Å². The minimum absolute atomic E-state index is 0.0333. The quantitative estimate of drug-likeness (QED) is 0.673. The van der Waals surface area contributed by atoms with Crippen molar-refractivity contribution in [1.82, 2.24) is 4.98 Å². The van der Waals surface area contributed by atoms with Gasteiger partial charge in [-0.15, -0.1) is 0 Å². The number of allylic oxidation sites excluding steroid dienone is 1. The summed E-state index contributed by atoms with van der Waals surface area (Å²) in [4.78, 5) is 3.65. The molecular formula is C8H5ClN2O. The van der Waals surface area contributed by atoms with Gasteiger partial charge in [-0.2, -0.15) is 5.26 Å². The topological polar surface area (TPSA) is 56.9 Å². The van der Waals surface area contributed by atoms with Crippen LogP contribution in [-0.4, -0.2) is 10.1 Å². The summed E-state index contributed by atoms with van der Waals surface area (Å²) in [5, 5.41) is 17.8. The highest BCUT2D eigenvalue weighted by atomic mass is 35.5. The Bertz CT molecular complexity index is 334. The summed E-state index contributed by atoms with van der Waals surface area (Å²) in [5.74, 6) is -0.0333. The van der Waals surface area contributed by atoms with Gasteiger partial charge in [0, 0.05) is 17.8 Å². The number of nitrogens with zero attached hydrogens (tertiary/aromatic N) is 2. The van der Waals surface area contributed by atoms with Gasteiger partial charge in [0.2, 0.25) is 0 Å². The zero-order valence-corrected chi connectivity index (χ0v) is 6.78. The molecule has 4 heteroatoms. The molecule has 1 N–H and O–H groups in total. The van der Waals surface area contributed by atoms with Crippen LogP contribution in [0.5, 0.6) is 5.75 Å². The van der Waals surface area contributed by atoms with Crippen LogP contribution >= 0.6 is 11.6 Å². The Kier molecular flexibility index (Phi) is 2.67. The predicted molar refractivity (Wildman–Crippen MR) is 45.6 cm³/mol. The van der Waals surface area contributed by atoms with Crippen molar-refractivity contribution >= 4 is 17.7 Å². The molecule has 0 atom stereocenters. The number of aromatic nitrogens is 1. The number of pyridine rings is 1. The van der Waals surface area contributed by atoms with Crippen molar-refractivity contribution in [1.29, 1.82) is 5.26 Å². The molecule has 0 saturated heterocycles. The van der Waals surface area contributed by atoms with Gasteiger partial charge in [0.25, 0.3) is 0 Å². The van der Waals surface area contributed by atoms with Gasteiger partial charge in [0.1, 0.15) is 5.75 Å². The molecule has 0 saturated carbocycles. The van der Waals surface area contributed by atoms with Crippen molar-refractivity contribution in [2.24, 2.45) is 0 Å². The number of aromatic hydroxyl groups is 1. The maximum Gasteiger partial charge on any atom is 0.142 e. The molecule has 0 aromatic carbocycles. The highest BCUT2D eigenvalue weighted by molar-refractivity contribution is 6.32. The summed E-state index contributed by atoms with van der Waals surface area (Å²) in [7, 11) is 0. The molecule has 1 heterocycles. The Morgan fingerprint density at radius 1 is 1.58 bits per heavy atom. The maximum absolute atomic E-state index is 9.21. The van der Waals surface area contributed by atoms with Crippen LogP contribution in [0.1, 0.15) is 5.56 Å². The summed E-state index contributed by atoms with van der Waals surface area (Å²) >= 11 is 5.68. The third-order valence-electron chi connectivity index (χ3n) is 1.24. The monoisotopic (exact) mass is 180 g/mol. The fraction of sp³-hybridized carbons (Fsp3) is 0. The average molecular weight is 181 g/mol. The number of hydrogen-bond donors (Lipinski definition) is 1. The SMILES string of the molecule is N#CC=Cc1c(O)cncc1Cl. The lowest BCUT2D eigenvalue weighted by Crippen LogP contribution is -1.79. The highest BCUT2D eigenvalue weighted by Gasteiger charge is 2.01. The van der Waals surface area contributed by atoms with Gasteiger partial charge in [0.15, 0.2) is 0 Å².